The fraction of sp³-hybridized carbons (Fsp3) is 0.700. The molecule has 1 aromatic rings. The molecule has 96 valence electrons. The molecule has 1 aliphatic rings. The average Bonchev–Trinajstić information content (AvgIpc) is 2.76. The number of halogens is 1. The van der Waals surface area contributed by atoms with E-state index >= 15 is 0 Å². The Hall–Kier alpha value is -0.400. The zero-order valence-electron chi connectivity index (χ0n) is 9.69. The Morgan fingerprint density at radius 3 is 3.00 bits per heavy atom. The summed E-state index contributed by atoms with van der Waals surface area (Å²) < 4.78 is 26.2. The first-order valence-corrected chi connectivity index (χ1v) is 8.18. The van der Waals surface area contributed by atoms with Gasteiger partial charge in [0.2, 0.25) is 0 Å². The zero-order valence-corrected chi connectivity index (χ0v) is 12.1. The number of imidazole rings is 1. The summed E-state index contributed by atoms with van der Waals surface area (Å²) in [6.45, 7) is 2.94. The highest BCUT2D eigenvalue weighted by molar-refractivity contribution is 9.09. The van der Waals surface area contributed by atoms with Gasteiger partial charge in [-0.3, -0.25) is 0 Å². The highest BCUT2D eigenvalue weighted by Crippen LogP contribution is 2.23. The highest BCUT2D eigenvalue weighted by Gasteiger charge is 2.30. The van der Waals surface area contributed by atoms with Crippen molar-refractivity contribution in [3.05, 3.63) is 12.0 Å². The van der Waals surface area contributed by atoms with Crippen LogP contribution in [0.5, 0.6) is 0 Å². The van der Waals surface area contributed by atoms with Gasteiger partial charge in [-0.25, -0.2) is 13.4 Å². The van der Waals surface area contributed by atoms with Crippen LogP contribution in [0.25, 0.3) is 0 Å². The summed E-state index contributed by atoms with van der Waals surface area (Å²) in [5, 5.41) is 1.05. The summed E-state index contributed by atoms with van der Waals surface area (Å²) in [5.74, 6) is 1.03. The third-order valence-corrected chi connectivity index (χ3v) is 5.69. The van der Waals surface area contributed by atoms with Crippen LogP contribution >= 0.6 is 15.9 Å². The summed E-state index contributed by atoms with van der Waals surface area (Å²) in [6, 6.07) is 0. The number of nitrogens with one attached hydrogen (secondary N) is 1. The molecule has 2 heterocycles. The number of piperidine rings is 1. The summed E-state index contributed by atoms with van der Waals surface area (Å²) >= 11 is 3.42. The Labute approximate surface area is 110 Å². The SMILES string of the molecule is Cc1ncc(S(=O)(=O)N2CCCC(CBr)C2)[nH]1. The van der Waals surface area contributed by atoms with Crippen molar-refractivity contribution in [1.82, 2.24) is 14.3 Å². The Morgan fingerprint density at radius 2 is 2.41 bits per heavy atom. The largest absolute Gasteiger partial charge is 0.332 e. The van der Waals surface area contributed by atoms with Gasteiger partial charge >= 0.3 is 0 Å². The number of sulfonamides is 1. The van der Waals surface area contributed by atoms with Crippen LogP contribution < -0.4 is 0 Å². The Morgan fingerprint density at radius 1 is 1.65 bits per heavy atom. The lowest BCUT2D eigenvalue weighted by atomic mass is 10.0. The number of H-pyrrole nitrogens is 1. The van der Waals surface area contributed by atoms with Gasteiger partial charge in [-0.05, 0) is 25.7 Å². The normalized spacial score (nSPS) is 22.8. The van der Waals surface area contributed by atoms with Crippen molar-refractivity contribution in [2.24, 2.45) is 5.92 Å². The van der Waals surface area contributed by atoms with Crippen LogP contribution in [0.15, 0.2) is 11.2 Å². The minimum absolute atomic E-state index is 0.199. The number of rotatable bonds is 3. The number of alkyl halides is 1. The van der Waals surface area contributed by atoms with E-state index in [4.69, 9.17) is 0 Å². The van der Waals surface area contributed by atoms with Gasteiger partial charge in [0.25, 0.3) is 10.0 Å². The van der Waals surface area contributed by atoms with Gasteiger partial charge in [0.1, 0.15) is 5.82 Å². The van der Waals surface area contributed by atoms with Crippen LogP contribution in [0.1, 0.15) is 18.7 Å². The maximum Gasteiger partial charge on any atom is 0.260 e. The van der Waals surface area contributed by atoms with E-state index in [0.717, 1.165) is 18.2 Å². The molecule has 7 heteroatoms. The Bertz CT molecular complexity index is 485. The van der Waals surface area contributed by atoms with Crippen LogP contribution in [-0.2, 0) is 10.0 Å². The zero-order chi connectivity index (χ0) is 12.5. The molecule has 1 N–H and O–H groups in total. The molecular weight excluding hydrogens is 306 g/mol. The Balaban J connectivity index is 2.21. The molecule has 1 fully saturated rings. The first-order valence-electron chi connectivity index (χ1n) is 5.61. The van der Waals surface area contributed by atoms with Crippen molar-refractivity contribution in [1.29, 1.82) is 0 Å². The van der Waals surface area contributed by atoms with Gasteiger partial charge in [0.05, 0.1) is 6.20 Å². The fourth-order valence-corrected chi connectivity index (χ4v) is 4.09. The summed E-state index contributed by atoms with van der Waals surface area (Å²) in [6.07, 6.45) is 3.39. The van der Waals surface area contributed by atoms with Crippen molar-refractivity contribution in [2.45, 2.75) is 24.8 Å². The van der Waals surface area contributed by atoms with Crippen LogP contribution in [0.3, 0.4) is 0 Å². The number of hydrogen-bond donors (Lipinski definition) is 1. The van der Waals surface area contributed by atoms with Gasteiger partial charge < -0.3 is 4.98 Å². The van der Waals surface area contributed by atoms with Gasteiger partial charge in [0.15, 0.2) is 5.03 Å². The van der Waals surface area contributed by atoms with E-state index < -0.39 is 10.0 Å². The second kappa shape index (κ2) is 5.07. The number of hydrogen-bond acceptors (Lipinski definition) is 3. The van der Waals surface area contributed by atoms with Crippen molar-refractivity contribution >= 4 is 26.0 Å². The van der Waals surface area contributed by atoms with Crippen molar-refractivity contribution < 1.29 is 8.42 Å². The predicted molar refractivity (Wildman–Crippen MR) is 68.6 cm³/mol. The molecule has 0 radical (unpaired) electrons. The van der Waals surface area contributed by atoms with E-state index in [-0.39, 0.29) is 5.03 Å². The average molecular weight is 322 g/mol. The quantitative estimate of drug-likeness (QED) is 0.858. The molecule has 1 aromatic heterocycles. The van der Waals surface area contributed by atoms with Gasteiger partial charge in [0, 0.05) is 18.4 Å². The number of aromatic amines is 1. The van der Waals surface area contributed by atoms with Crippen molar-refractivity contribution in [3.8, 4) is 0 Å². The molecular formula is C10H16BrN3O2S. The summed E-state index contributed by atoms with van der Waals surface area (Å²) in [7, 11) is -3.39. The molecule has 17 heavy (non-hydrogen) atoms. The summed E-state index contributed by atoms with van der Waals surface area (Å²) in [5.41, 5.74) is 0. The molecule has 1 saturated heterocycles. The first-order chi connectivity index (χ1) is 8.04. The lowest BCUT2D eigenvalue weighted by Crippen LogP contribution is -2.40. The molecule has 1 unspecified atom stereocenters. The smallest absolute Gasteiger partial charge is 0.260 e. The fourth-order valence-electron chi connectivity index (χ4n) is 2.04. The third kappa shape index (κ3) is 2.71. The number of nitrogens with zero attached hydrogens (tertiary/aromatic N) is 2. The summed E-state index contributed by atoms with van der Waals surface area (Å²) in [4.78, 5) is 6.74. The van der Waals surface area contributed by atoms with E-state index in [1.165, 1.54) is 6.20 Å². The van der Waals surface area contributed by atoms with Crippen LogP contribution in [-0.4, -0.2) is 41.1 Å². The molecule has 0 amide bonds. The van der Waals surface area contributed by atoms with E-state index in [0.29, 0.717) is 24.8 Å². The topological polar surface area (TPSA) is 66.1 Å². The van der Waals surface area contributed by atoms with Crippen LogP contribution in [0.2, 0.25) is 0 Å². The second-order valence-electron chi connectivity index (χ2n) is 4.36. The standard InChI is InChI=1S/C10H16BrN3O2S/c1-8-12-6-10(13-8)17(15,16)14-4-2-3-9(5-11)7-14/h6,9H,2-5,7H2,1H3,(H,12,13). The van der Waals surface area contributed by atoms with E-state index in [1.54, 1.807) is 11.2 Å². The molecule has 0 aromatic carbocycles. The molecule has 0 aliphatic carbocycles. The maximum absolute atomic E-state index is 12.3. The van der Waals surface area contributed by atoms with Crippen LogP contribution in [0.4, 0.5) is 0 Å². The van der Waals surface area contributed by atoms with E-state index in [2.05, 4.69) is 25.9 Å². The van der Waals surface area contributed by atoms with Gasteiger partial charge in [-0.2, -0.15) is 4.31 Å². The molecule has 5 nitrogen and oxygen atoms in total. The predicted octanol–water partition coefficient (Wildman–Crippen LogP) is 1.51. The lowest BCUT2D eigenvalue weighted by molar-refractivity contribution is 0.285. The molecule has 0 spiro atoms. The van der Waals surface area contributed by atoms with E-state index in [9.17, 15) is 8.42 Å². The monoisotopic (exact) mass is 321 g/mol. The van der Waals surface area contributed by atoms with Gasteiger partial charge in [-0.15, -0.1) is 0 Å². The van der Waals surface area contributed by atoms with E-state index in [1.807, 2.05) is 0 Å². The molecule has 0 saturated carbocycles. The third-order valence-electron chi connectivity index (χ3n) is 3.00. The molecule has 0 bridgehead atoms. The highest BCUT2D eigenvalue weighted by atomic mass is 79.9. The Kier molecular flexibility index (Phi) is 3.89. The molecule has 2 rings (SSSR count). The molecule has 1 atom stereocenters. The lowest BCUT2D eigenvalue weighted by Gasteiger charge is -2.30. The number of aryl methyl sites for hydroxylation is 1. The van der Waals surface area contributed by atoms with Gasteiger partial charge in [-0.1, -0.05) is 15.9 Å². The molecule has 1 aliphatic heterocycles. The van der Waals surface area contributed by atoms with Crippen molar-refractivity contribution in [3.63, 3.8) is 0 Å². The van der Waals surface area contributed by atoms with Crippen LogP contribution in [0, 0.1) is 12.8 Å². The minimum atomic E-state index is -3.39. The second-order valence-corrected chi connectivity index (χ2v) is 6.91. The minimum Gasteiger partial charge on any atom is -0.332 e. The van der Waals surface area contributed by atoms with Crippen molar-refractivity contribution in [2.75, 3.05) is 18.4 Å². The maximum atomic E-state index is 12.3. The number of aromatic nitrogens is 2. The first kappa shape index (κ1) is 13.0.